The fourth-order valence-corrected chi connectivity index (χ4v) is 8.76. The first-order valence-corrected chi connectivity index (χ1v) is 21.5. The number of unbranched alkanes of at least 4 members (excludes halogenated alkanes) is 4. The Balaban J connectivity index is 0.907. The highest BCUT2D eigenvalue weighted by Gasteiger charge is 2.46. The second-order valence-corrected chi connectivity index (χ2v) is 17.6. The molecule has 4 heterocycles. The van der Waals surface area contributed by atoms with Gasteiger partial charge in [-0.2, -0.15) is 0 Å². The summed E-state index contributed by atoms with van der Waals surface area (Å²) in [5.41, 5.74) is 4.53. The number of fused-ring (bicyclic) bond motifs is 1. The molecule has 8 amide bonds. The number of nitrogens with zero attached hydrogens (tertiary/aromatic N) is 3. The lowest BCUT2D eigenvalue weighted by Crippen LogP contribution is -2.57. The van der Waals surface area contributed by atoms with Gasteiger partial charge in [0, 0.05) is 32.4 Å². The van der Waals surface area contributed by atoms with Crippen LogP contribution in [0.4, 0.5) is 5.69 Å². The number of amides is 8. The van der Waals surface area contributed by atoms with E-state index in [0.717, 1.165) is 45.9 Å². The minimum Gasteiger partial charge on any atom is -0.350 e. The molecule has 0 bridgehead atoms. The maximum Gasteiger partial charge on any atom is 0.264 e. The van der Waals surface area contributed by atoms with Gasteiger partial charge in [0.15, 0.2) is 0 Å². The average Bonchev–Trinajstić information content (AvgIpc) is 3.94. The van der Waals surface area contributed by atoms with Crippen molar-refractivity contribution in [2.24, 2.45) is 5.41 Å². The van der Waals surface area contributed by atoms with Crippen LogP contribution in [0.25, 0.3) is 10.4 Å². The van der Waals surface area contributed by atoms with Gasteiger partial charge in [0.2, 0.25) is 35.4 Å². The maximum absolute atomic E-state index is 13.9. The summed E-state index contributed by atoms with van der Waals surface area (Å²) >= 11 is 1.59. The van der Waals surface area contributed by atoms with Crippen molar-refractivity contribution in [3.05, 3.63) is 70.4 Å². The fourth-order valence-electron chi connectivity index (χ4n) is 7.94. The molecule has 2 fully saturated rings. The molecule has 0 radical (unpaired) electrons. The zero-order valence-corrected chi connectivity index (χ0v) is 35.4. The second-order valence-electron chi connectivity index (χ2n) is 16.7. The summed E-state index contributed by atoms with van der Waals surface area (Å²) in [5.74, 6) is -3.55. The second kappa shape index (κ2) is 19.1. The van der Waals surface area contributed by atoms with Crippen LogP contribution < -0.4 is 21.3 Å². The number of rotatable bonds is 16. The van der Waals surface area contributed by atoms with Crippen LogP contribution in [0.15, 0.2) is 48.0 Å². The lowest BCUT2D eigenvalue weighted by molar-refractivity contribution is -0.144. The third-order valence-electron chi connectivity index (χ3n) is 11.2. The molecule has 318 valence electrons. The largest absolute Gasteiger partial charge is 0.350 e. The number of aryl methyl sites for hydroxylation is 1. The number of anilines is 1. The molecule has 1 aromatic heterocycles. The molecule has 4 N–H and O–H groups in total. The topological polar surface area (TPSA) is 204 Å². The van der Waals surface area contributed by atoms with Gasteiger partial charge in [-0.15, -0.1) is 11.3 Å². The standard InChI is InChI=1S/C44H53N7O8S/c1-26-37(60-25-46-26)28-19-17-27(18-20-28)24-45-39(55)31-14-11-23-50(31)43(59)38(44(2,3)4)48-34(53)16-9-7-5-6-8-15-33(52)47-30-13-10-12-29-36(30)42(58)51(41(29)57)32-21-22-35(54)49-40(32)56/h10,12-13,17-20,25,31-32,38H,5-9,11,14-16,21-24H2,1-4H3,(H,45,55)(H,47,52)(H,48,53)(H,49,54,56)/t31?,32?,38-/m1/s1. The van der Waals surface area contributed by atoms with E-state index >= 15 is 0 Å². The summed E-state index contributed by atoms with van der Waals surface area (Å²) in [6, 6.07) is 10.0. The Bertz CT molecular complexity index is 2160. The molecule has 2 saturated heterocycles. The molecule has 16 heteroatoms. The lowest BCUT2D eigenvalue weighted by atomic mass is 9.85. The van der Waals surface area contributed by atoms with Crippen LogP contribution >= 0.6 is 11.3 Å². The van der Waals surface area contributed by atoms with E-state index in [1.165, 1.54) is 12.1 Å². The van der Waals surface area contributed by atoms with E-state index in [4.69, 9.17) is 0 Å². The first-order valence-electron chi connectivity index (χ1n) is 20.7. The SMILES string of the molecule is Cc1ncsc1-c1ccc(CNC(=O)C2CCCN2C(=O)[C@@H](NC(=O)CCCCCCCC(=O)Nc2cccc3c2C(=O)N(C2CCC(=O)NC2=O)C3=O)C(C)(C)C)cc1. The summed E-state index contributed by atoms with van der Waals surface area (Å²) in [7, 11) is 0. The van der Waals surface area contributed by atoms with Gasteiger partial charge in [-0.1, -0.05) is 70.4 Å². The van der Waals surface area contributed by atoms with Crippen LogP contribution in [-0.4, -0.2) is 86.7 Å². The Kier molecular flexibility index (Phi) is 13.9. The molecule has 15 nitrogen and oxygen atoms in total. The minimum atomic E-state index is -1.10. The zero-order valence-electron chi connectivity index (χ0n) is 34.6. The van der Waals surface area contributed by atoms with Gasteiger partial charge >= 0.3 is 0 Å². The normalized spacial score (nSPS) is 18.3. The van der Waals surface area contributed by atoms with Gasteiger partial charge in [-0.05, 0) is 67.7 Å². The first kappa shape index (κ1) is 43.8. The van der Waals surface area contributed by atoms with Gasteiger partial charge in [-0.25, -0.2) is 4.98 Å². The van der Waals surface area contributed by atoms with Crippen LogP contribution in [0, 0.1) is 12.3 Å². The van der Waals surface area contributed by atoms with Crippen molar-refractivity contribution in [3.63, 3.8) is 0 Å². The molecule has 3 atom stereocenters. The van der Waals surface area contributed by atoms with Crippen molar-refractivity contribution < 1.29 is 38.4 Å². The number of benzene rings is 2. The van der Waals surface area contributed by atoms with E-state index in [1.807, 2.05) is 57.5 Å². The van der Waals surface area contributed by atoms with E-state index < -0.39 is 47.2 Å². The Hall–Kier alpha value is -5.77. The van der Waals surface area contributed by atoms with Crippen molar-refractivity contribution in [3.8, 4) is 10.4 Å². The predicted octanol–water partition coefficient (Wildman–Crippen LogP) is 5.03. The molecule has 0 saturated carbocycles. The number of aromatic nitrogens is 1. The number of carbonyl (C=O) groups is 8. The summed E-state index contributed by atoms with van der Waals surface area (Å²) in [5, 5.41) is 10.9. The van der Waals surface area contributed by atoms with E-state index in [2.05, 4.69) is 26.3 Å². The number of imide groups is 2. The molecular formula is C44H53N7O8S. The third kappa shape index (κ3) is 10.1. The highest BCUT2D eigenvalue weighted by atomic mass is 32.1. The number of carbonyl (C=O) groups excluding carboxylic acids is 8. The monoisotopic (exact) mass is 839 g/mol. The molecule has 0 spiro atoms. The van der Waals surface area contributed by atoms with E-state index in [9.17, 15) is 38.4 Å². The van der Waals surface area contributed by atoms with E-state index in [-0.39, 0.29) is 66.1 Å². The summed E-state index contributed by atoms with van der Waals surface area (Å²) < 4.78 is 0. The predicted molar refractivity (Wildman–Crippen MR) is 224 cm³/mol. The van der Waals surface area contributed by atoms with Gasteiger partial charge in [0.25, 0.3) is 11.8 Å². The summed E-state index contributed by atoms with van der Waals surface area (Å²) in [6.07, 6.45) is 5.09. The molecule has 0 aliphatic carbocycles. The van der Waals surface area contributed by atoms with Crippen molar-refractivity contribution in [2.45, 2.75) is 123 Å². The molecule has 2 unspecified atom stereocenters. The van der Waals surface area contributed by atoms with Crippen molar-refractivity contribution >= 4 is 64.3 Å². The third-order valence-corrected chi connectivity index (χ3v) is 12.2. The molecule has 3 aromatic rings. The number of likely N-dealkylation sites (tertiary alicyclic amines) is 1. The zero-order chi connectivity index (χ0) is 43.1. The summed E-state index contributed by atoms with van der Waals surface area (Å²) in [6.45, 7) is 8.44. The Labute approximate surface area is 353 Å². The average molecular weight is 840 g/mol. The molecule has 60 heavy (non-hydrogen) atoms. The molecule has 3 aliphatic rings. The number of hydrogen-bond donors (Lipinski definition) is 4. The summed E-state index contributed by atoms with van der Waals surface area (Å²) in [4.78, 5) is 112. The highest BCUT2D eigenvalue weighted by Crippen LogP contribution is 2.33. The Morgan fingerprint density at radius 3 is 2.27 bits per heavy atom. The number of piperidine rings is 1. The van der Waals surface area contributed by atoms with Gasteiger partial charge in [0.1, 0.15) is 18.1 Å². The Morgan fingerprint density at radius 1 is 0.900 bits per heavy atom. The van der Waals surface area contributed by atoms with Gasteiger partial charge in [-0.3, -0.25) is 48.6 Å². The quantitative estimate of drug-likeness (QED) is 0.113. The molecular weight excluding hydrogens is 787 g/mol. The lowest BCUT2D eigenvalue weighted by Gasteiger charge is -2.35. The van der Waals surface area contributed by atoms with Crippen LogP contribution in [0.2, 0.25) is 0 Å². The van der Waals surface area contributed by atoms with Crippen molar-refractivity contribution in [1.82, 2.24) is 30.7 Å². The highest BCUT2D eigenvalue weighted by molar-refractivity contribution is 7.13. The van der Waals surface area contributed by atoms with E-state index in [1.54, 1.807) is 22.3 Å². The minimum absolute atomic E-state index is 0.00843. The number of nitrogens with one attached hydrogen (secondary N) is 4. The first-order chi connectivity index (χ1) is 28.6. The number of hydrogen-bond acceptors (Lipinski definition) is 10. The maximum atomic E-state index is 13.9. The van der Waals surface area contributed by atoms with Crippen molar-refractivity contribution in [1.29, 1.82) is 0 Å². The van der Waals surface area contributed by atoms with Crippen LogP contribution in [0.3, 0.4) is 0 Å². The van der Waals surface area contributed by atoms with Crippen LogP contribution in [0.1, 0.15) is 123 Å². The fraction of sp³-hybridized carbons (Fsp3) is 0.477. The van der Waals surface area contributed by atoms with Crippen LogP contribution in [0.5, 0.6) is 0 Å². The van der Waals surface area contributed by atoms with E-state index in [0.29, 0.717) is 38.8 Å². The number of thiazole rings is 1. The van der Waals surface area contributed by atoms with Gasteiger partial charge < -0.3 is 20.9 Å². The molecule has 6 rings (SSSR count). The molecule has 3 aliphatic heterocycles. The van der Waals surface area contributed by atoms with Crippen molar-refractivity contribution in [2.75, 3.05) is 11.9 Å². The smallest absolute Gasteiger partial charge is 0.264 e. The van der Waals surface area contributed by atoms with Crippen LogP contribution in [-0.2, 0) is 35.3 Å². The van der Waals surface area contributed by atoms with Gasteiger partial charge in [0.05, 0.1) is 32.9 Å². The Morgan fingerprint density at radius 2 is 1.60 bits per heavy atom. The molecule has 2 aromatic carbocycles.